The predicted molar refractivity (Wildman–Crippen MR) is 80.8 cm³/mol. The minimum atomic E-state index is -0.494. The quantitative estimate of drug-likeness (QED) is 0.290. The number of aliphatic hydroxyl groups excluding tert-OH is 1. The van der Waals surface area contributed by atoms with E-state index in [1.807, 2.05) is 35.8 Å². The fourth-order valence-corrected chi connectivity index (χ4v) is 2.07. The van der Waals surface area contributed by atoms with E-state index < -0.39 is 5.91 Å². The average molecular weight is 307 g/mol. The molecule has 0 bridgehead atoms. The van der Waals surface area contributed by atoms with Crippen LogP contribution in [0.5, 0.6) is 0 Å². The number of nitrogens with one attached hydrogen (secondary N) is 2. The Bertz CT molecular complexity index is 622. The number of halogens is 1. The summed E-state index contributed by atoms with van der Waals surface area (Å²) >= 11 is 5.86. The number of hydrogen-bond donors (Lipinski definition) is 4. The lowest BCUT2D eigenvalue weighted by molar-refractivity contribution is 0.0954. The van der Waals surface area contributed by atoms with Crippen LogP contribution in [0.3, 0.4) is 0 Å². The van der Waals surface area contributed by atoms with E-state index in [-0.39, 0.29) is 23.4 Å². The van der Waals surface area contributed by atoms with Gasteiger partial charge in [-0.2, -0.15) is 0 Å². The van der Waals surface area contributed by atoms with Gasteiger partial charge >= 0.3 is 0 Å². The third-order valence-corrected chi connectivity index (χ3v) is 3.17. The van der Waals surface area contributed by atoms with Crippen LogP contribution in [0.15, 0.2) is 42.6 Å². The van der Waals surface area contributed by atoms with Crippen molar-refractivity contribution in [3.63, 3.8) is 0 Å². The Kier molecular flexibility index (Phi) is 5.10. The lowest BCUT2D eigenvalue weighted by Crippen LogP contribution is -2.31. The van der Waals surface area contributed by atoms with Crippen molar-refractivity contribution in [2.75, 3.05) is 11.9 Å². The molecule has 0 radical (unpaired) electrons. The molecule has 1 amide bonds. The molecule has 0 aliphatic rings. The van der Waals surface area contributed by atoms with E-state index >= 15 is 0 Å². The molecule has 0 saturated heterocycles. The standard InChI is InChI=1S/C14H15ClN4O2/c15-13-6-11(10(7-17-13)14(21)19-16)18-12(8-20)9-4-2-1-3-5-9/h1-7,12,20H,8,16H2,(H,17,18)(H,19,21). The lowest BCUT2D eigenvalue weighted by atomic mass is 10.1. The van der Waals surface area contributed by atoms with Crippen LogP contribution in [-0.2, 0) is 0 Å². The van der Waals surface area contributed by atoms with Gasteiger partial charge in [-0.25, -0.2) is 10.8 Å². The minimum Gasteiger partial charge on any atom is -0.394 e. The SMILES string of the molecule is NNC(=O)c1cnc(Cl)cc1NC(CO)c1ccccc1. The van der Waals surface area contributed by atoms with Gasteiger partial charge in [0, 0.05) is 6.20 Å². The number of rotatable bonds is 5. The van der Waals surface area contributed by atoms with Gasteiger partial charge in [0.25, 0.3) is 5.91 Å². The van der Waals surface area contributed by atoms with Gasteiger partial charge < -0.3 is 10.4 Å². The maximum absolute atomic E-state index is 11.7. The third-order valence-electron chi connectivity index (χ3n) is 2.96. The fourth-order valence-electron chi connectivity index (χ4n) is 1.92. The summed E-state index contributed by atoms with van der Waals surface area (Å²) in [6.07, 6.45) is 1.33. The molecule has 1 heterocycles. The molecule has 110 valence electrons. The van der Waals surface area contributed by atoms with Crippen LogP contribution in [-0.4, -0.2) is 22.6 Å². The Morgan fingerprint density at radius 3 is 2.71 bits per heavy atom. The van der Waals surface area contributed by atoms with Gasteiger partial charge in [0.15, 0.2) is 0 Å². The minimum absolute atomic E-state index is 0.145. The first-order chi connectivity index (χ1) is 10.2. The van der Waals surface area contributed by atoms with Crippen molar-refractivity contribution < 1.29 is 9.90 Å². The maximum Gasteiger partial charge on any atom is 0.268 e. The van der Waals surface area contributed by atoms with Gasteiger partial charge in [-0.05, 0) is 11.6 Å². The number of nitrogens with zero attached hydrogens (tertiary/aromatic N) is 1. The number of aromatic nitrogens is 1. The van der Waals surface area contributed by atoms with Crippen molar-refractivity contribution in [2.24, 2.45) is 5.84 Å². The van der Waals surface area contributed by atoms with Gasteiger partial charge in [-0.15, -0.1) is 0 Å². The van der Waals surface area contributed by atoms with Crippen LogP contribution >= 0.6 is 11.6 Å². The van der Waals surface area contributed by atoms with E-state index in [1.165, 1.54) is 12.3 Å². The summed E-state index contributed by atoms with van der Waals surface area (Å²) in [6, 6.07) is 10.5. The van der Waals surface area contributed by atoms with Crippen molar-refractivity contribution >= 4 is 23.2 Å². The summed E-state index contributed by atoms with van der Waals surface area (Å²) in [7, 11) is 0. The number of pyridine rings is 1. The largest absolute Gasteiger partial charge is 0.394 e. The molecule has 0 spiro atoms. The highest BCUT2D eigenvalue weighted by atomic mass is 35.5. The summed E-state index contributed by atoms with van der Waals surface area (Å²) < 4.78 is 0. The molecule has 0 aliphatic heterocycles. The number of anilines is 1. The van der Waals surface area contributed by atoms with Crippen LogP contribution < -0.4 is 16.6 Å². The number of carbonyl (C=O) groups is 1. The van der Waals surface area contributed by atoms with Crippen LogP contribution in [0, 0.1) is 0 Å². The monoisotopic (exact) mass is 306 g/mol. The summed E-state index contributed by atoms with van der Waals surface area (Å²) in [5, 5.41) is 12.9. The molecule has 1 unspecified atom stereocenters. The zero-order chi connectivity index (χ0) is 15.2. The number of nitrogen functional groups attached to an aromatic ring is 1. The number of hydrazine groups is 1. The van der Waals surface area contributed by atoms with Crippen molar-refractivity contribution in [3.8, 4) is 0 Å². The zero-order valence-electron chi connectivity index (χ0n) is 11.1. The highest BCUT2D eigenvalue weighted by Gasteiger charge is 2.16. The highest BCUT2D eigenvalue weighted by Crippen LogP contribution is 2.24. The molecule has 5 N–H and O–H groups in total. The zero-order valence-corrected chi connectivity index (χ0v) is 11.8. The molecule has 2 aromatic rings. The summed E-state index contributed by atoms with van der Waals surface area (Å²) in [6.45, 7) is -0.145. The molecule has 21 heavy (non-hydrogen) atoms. The molecule has 7 heteroatoms. The van der Waals surface area contributed by atoms with E-state index in [0.717, 1.165) is 5.56 Å². The molecule has 2 rings (SSSR count). The molecule has 0 saturated carbocycles. The van der Waals surface area contributed by atoms with Crippen molar-refractivity contribution in [2.45, 2.75) is 6.04 Å². The van der Waals surface area contributed by atoms with E-state index in [4.69, 9.17) is 17.4 Å². The Hall–Kier alpha value is -2.15. The summed E-state index contributed by atoms with van der Waals surface area (Å²) in [5.74, 6) is 4.65. The molecule has 0 fully saturated rings. The Balaban J connectivity index is 2.33. The molecular weight excluding hydrogens is 292 g/mol. The number of nitrogens with two attached hydrogens (primary N) is 1. The van der Waals surface area contributed by atoms with E-state index in [1.54, 1.807) is 0 Å². The molecule has 6 nitrogen and oxygen atoms in total. The Morgan fingerprint density at radius 2 is 2.10 bits per heavy atom. The van der Waals surface area contributed by atoms with E-state index in [9.17, 15) is 9.90 Å². The molecule has 0 aliphatic carbocycles. The summed E-state index contributed by atoms with van der Waals surface area (Å²) in [4.78, 5) is 15.6. The number of amides is 1. The van der Waals surface area contributed by atoms with Gasteiger partial charge in [-0.3, -0.25) is 10.2 Å². The Labute approximate surface area is 126 Å². The normalized spacial score (nSPS) is 11.8. The molecule has 1 aromatic carbocycles. The fraction of sp³-hybridized carbons (Fsp3) is 0.143. The predicted octanol–water partition coefficient (Wildman–Crippen LogP) is 1.48. The van der Waals surface area contributed by atoms with Crippen molar-refractivity contribution in [1.29, 1.82) is 0 Å². The average Bonchev–Trinajstić information content (AvgIpc) is 2.53. The van der Waals surface area contributed by atoms with Gasteiger partial charge in [0.2, 0.25) is 0 Å². The number of hydrogen-bond acceptors (Lipinski definition) is 5. The number of aliphatic hydroxyl groups is 1. The van der Waals surface area contributed by atoms with E-state index in [0.29, 0.717) is 5.69 Å². The van der Waals surface area contributed by atoms with Crippen LogP contribution in [0.1, 0.15) is 22.0 Å². The Morgan fingerprint density at radius 1 is 1.38 bits per heavy atom. The first kappa shape index (κ1) is 15.2. The van der Waals surface area contributed by atoms with Crippen LogP contribution in [0.2, 0.25) is 5.15 Å². The lowest BCUT2D eigenvalue weighted by Gasteiger charge is -2.20. The second-order valence-corrected chi connectivity index (χ2v) is 4.70. The smallest absolute Gasteiger partial charge is 0.268 e. The van der Waals surface area contributed by atoms with Crippen LogP contribution in [0.4, 0.5) is 5.69 Å². The van der Waals surface area contributed by atoms with Gasteiger partial charge in [0.1, 0.15) is 5.15 Å². The third kappa shape index (κ3) is 3.69. The highest BCUT2D eigenvalue weighted by molar-refractivity contribution is 6.29. The van der Waals surface area contributed by atoms with Gasteiger partial charge in [-0.1, -0.05) is 41.9 Å². The van der Waals surface area contributed by atoms with Crippen LogP contribution in [0.25, 0.3) is 0 Å². The van der Waals surface area contributed by atoms with E-state index in [2.05, 4.69) is 10.3 Å². The topological polar surface area (TPSA) is 100 Å². The first-order valence-electron chi connectivity index (χ1n) is 6.24. The number of benzene rings is 1. The second kappa shape index (κ2) is 7.03. The first-order valence-corrected chi connectivity index (χ1v) is 6.62. The molecular formula is C14H15ClN4O2. The van der Waals surface area contributed by atoms with Gasteiger partial charge in [0.05, 0.1) is 23.9 Å². The van der Waals surface area contributed by atoms with Crippen molar-refractivity contribution in [1.82, 2.24) is 10.4 Å². The number of carbonyl (C=O) groups excluding carboxylic acids is 1. The summed E-state index contributed by atoms with van der Waals surface area (Å²) in [5.41, 5.74) is 3.62. The molecule has 1 aromatic heterocycles. The maximum atomic E-state index is 11.7. The molecule has 1 atom stereocenters. The second-order valence-electron chi connectivity index (χ2n) is 4.32. The van der Waals surface area contributed by atoms with Crippen molar-refractivity contribution in [3.05, 3.63) is 58.9 Å².